The van der Waals surface area contributed by atoms with Crippen LogP contribution in [0.15, 0.2) is 6.07 Å². The number of nitrogens with zero attached hydrogens (tertiary/aromatic N) is 1. The van der Waals surface area contributed by atoms with Crippen LogP contribution in [-0.4, -0.2) is 48.1 Å². The van der Waals surface area contributed by atoms with Crippen molar-refractivity contribution in [3.05, 3.63) is 20.3 Å². The molecule has 21 heavy (non-hydrogen) atoms. The number of piperidine rings is 1. The molecule has 1 saturated heterocycles. The zero-order valence-corrected chi connectivity index (χ0v) is 13.6. The van der Waals surface area contributed by atoms with E-state index in [1.807, 2.05) is 0 Å². The molecule has 0 aliphatic carbocycles. The average Bonchev–Trinajstić information content (AvgIpc) is 2.77. The number of carboxylic acids is 1. The number of aliphatic carboxylic acids is 1. The maximum Gasteiger partial charge on any atom is 0.317 e. The Balaban J connectivity index is 1.92. The average molecular weight is 351 g/mol. The van der Waals surface area contributed by atoms with E-state index in [0.717, 1.165) is 12.8 Å². The second kappa shape index (κ2) is 7.45. The van der Waals surface area contributed by atoms with Crippen LogP contribution in [-0.2, 0) is 4.79 Å². The Hall–Kier alpha value is -0.820. The lowest BCUT2D eigenvalue weighted by atomic mass is 9.97. The SMILES string of the molecule is O=C(O)CNCC1CCCN(C(=O)c2cc(Cl)sc2Cl)C1. The predicted molar refractivity (Wildman–Crippen MR) is 83.5 cm³/mol. The summed E-state index contributed by atoms with van der Waals surface area (Å²) in [4.78, 5) is 24.7. The number of carboxylic acid groups (broad SMARTS) is 1. The molecule has 0 saturated carbocycles. The highest BCUT2D eigenvalue weighted by atomic mass is 35.5. The van der Waals surface area contributed by atoms with Crippen molar-refractivity contribution in [1.29, 1.82) is 0 Å². The van der Waals surface area contributed by atoms with Crippen molar-refractivity contribution >= 4 is 46.4 Å². The highest BCUT2D eigenvalue weighted by Crippen LogP contribution is 2.32. The van der Waals surface area contributed by atoms with Crippen molar-refractivity contribution in [2.45, 2.75) is 12.8 Å². The van der Waals surface area contributed by atoms with E-state index in [-0.39, 0.29) is 18.4 Å². The minimum Gasteiger partial charge on any atom is -0.480 e. The Kier molecular flexibility index (Phi) is 5.87. The largest absolute Gasteiger partial charge is 0.480 e. The van der Waals surface area contributed by atoms with Gasteiger partial charge in [-0.1, -0.05) is 23.2 Å². The van der Waals surface area contributed by atoms with Gasteiger partial charge >= 0.3 is 5.97 Å². The lowest BCUT2D eigenvalue weighted by Gasteiger charge is -2.32. The number of halogens is 2. The number of hydrogen-bond donors (Lipinski definition) is 2. The highest BCUT2D eigenvalue weighted by molar-refractivity contribution is 7.20. The van der Waals surface area contributed by atoms with Crippen molar-refractivity contribution in [3.63, 3.8) is 0 Å². The first-order valence-electron chi connectivity index (χ1n) is 6.64. The number of carbonyl (C=O) groups excluding carboxylic acids is 1. The second-order valence-corrected chi connectivity index (χ2v) is 7.31. The second-order valence-electron chi connectivity index (χ2n) is 5.02. The van der Waals surface area contributed by atoms with Crippen LogP contribution in [0.25, 0.3) is 0 Å². The molecule has 1 unspecified atom stereocenters. The summed E-state index contributed by atoms with van der Waals surface area (Å²) in [7, 11) is 0. The highest BCUT2D eigenvalue weighted by Gasteiger charge is 2.26. The summed E-state index contributed by atoms with van der Waals surface area (Å²) in [5.41, 5.74) is 0.450. The van der Waals surface area contributed by atoms with Gasteiger partial charge in [0.1, 0.15) is 4.34 Å². The Bertz CT molecular complexity index is 535. The van der Waals surface area contributed by atoms with E-state index in [4.69, 9.17) is 28.3 Å². The van der Waals surface area contributed by atoms with Crippen LogP contribution < -0.4 is 5.32 Å². The van der Waals surface area contributed by atoms with Crippen molar-refractivity contribution < 1.29 is 14.7 Å². The third-order valence-electron chi connectivity index (χ3n) is 3.40. The molecule has 8 heteroatoms. The minimum absolute atomic E-state index is 0.0591. The van der Waals surface area contributed by atoms with Crippen LogP contribution >= 0.6 is 34.5 Å². The molecule has 0 aromatic carbocycles. The summed E-state index contributed by atoms with van der Waals surface area (Å²) in [6.45, 7) is 1.83. The van der Waals surface area contributed by atoms with Crippen LogP contribution in [0.1, 0.15) is 23.2 Å². The van der Waals surface area contributed by atoms with Crippen molar-refractivity contribution in [1.82, 2.24) is 10.2 Å². The first kappa shape index (κ1) is 16.5. The van der Waals surface area contributed by atoms with E-state index in [0.29, 0.717) is 33.9 Å². The van der Waals surface area contributed by atoms with E-state index in [2.05, 4.69) is 5.32 Å². The molecule has 1 aromatic heterocycles. The molecule has 0 bridgehead atoms. The van der Waals surface area contributed by atoms with Gasteiger partial charge in [0.15, 0.2) is 0 Å². The van der Waals surface area contributed by atoms with E-state index in [9.17, 15) is 9.59 Å². The molecule has 2 N–H and O–H groups in total. The fraction of sp³-hybridized carbons (Fsp3) is 0.538. The van der Waals surface area contributed by atoms with Gasteiger partial charge in [-0.3, -0.25) is 9.59 Å². The molecular weight excluding hydrogens is 335 g/mol. The van der Waals surface area contributed by atoms with E-state index in [1.165, 1.54) is 11.3 Å². The molecule has 1 fully saturated rings. The molecule has 1 aliphatic heterocycles. The zero-order valence-electron chi connectivity index (χ0n) is 11.3. The summed E-state index contributed by atoms with van der Waals surface area (Å²) in [5.74, 6) is -0.723. The molecule has 116 valence electrons. The van der Waals surface area contributed by atoms with Crippen LogP contribution in [0.5, 0.6) is 0 Å². The Morgan fingerprint density at radius 2 is 2.24 bits per heavy atom. The first-order chi connectivity index (χ1) is 9.97. The van der Waals surface area contributed by atoms with E-state index < -0.39 is 5.97 Å². The molecule has 0 spiro atoms. The number of rotatable bonds is 5. The van der Waals surface area contributed by atoms with Gasteiger partial charge < -0.3 is 15.3 Å². The molecule has 1 amide bonds. The molecule has 2 heterocycles. The Morgan fingerprint density at radius 3 is 2.86 bits per heavy atom. The predicted octanol–water partition coefficient (Wildman–Crippen LogP) is 2.58. The Labute approximate surface area is 136 Å². The molecular formula is C13H16Cl2N2O3S. The van der Waals surface area contributed by atoms with Crippen LogP contribution in [0.2, 0.25) is 8.67 Å². The van der Waals surface area contributed by atoms with E-state index in [1.54, 1.807) is 11.0 Å². The van der Waals surface area contributed by atoms with E-state index >= 15 is 0 Å². The Morgan fingerprint density at radius 1 is 1.48 bits per heavy atom. The maximum absolute atomic E-state index is 12.4. The van der Waals surface area contributed by atoms with Crippen molar-refractivity contribution in [2.75, 3.05) is 26.2 Å². The minimum atomic E-state index is -0.876. The van der Waals surface area contributed by atoms with Crippen molar-refractivity contribution in [2.24, 2.45) is 5.92 Å². The third-order valence-corrected chi connectivity index (χ3v) is 4.89. The molecule has 5 nitrogen and oxygen atoms in total. The fourth-order valence-corrected chi connectivity index (χ4v) is 3.90. The van der Waals surface area contributed by atoms with Gasteiger partial charge in [0, 0.05) is 19.6 Å². The van der Waals surface area contributed by atoms with Gasteiger partial charge in [-0.25, -0.2) is 0 Å². The standard InChI is InChI=1S/C13H16Cl2N2O3S/c14-10-4-9(12(15)21-10)13(20)17-3-1-2-8(7-17)5-16-6-11(18)19/h4,8,16H,1-3,5-7H2,(H,18,19). The summed E-state index contributed by atoms with van der Waals surface area (Å²) >= 11 is 13.1. The summed E-state index contributed by atoms with van der Waals surface area (Å²) < 4.78 is 0.913. The molecule has 1 atom stereocenters. The molecule has 2 rings (SSSR count). The zero-order chi connectivity index (χ0) is 15.4. The normalized spacial score (nSPS) is 18.8. The van der Waals surface area contributed by atoms with Gasteiger partial charge in [-0.2, -0.15) is 0 Å². The summed E-state index contributed by atoms with van der Waals surface area (Å²) in [6, 6.07) is 1.60. The first-order valence-corrected chi connectivity index (χ1v) is 8.21. The molecule has 1 aromatic rings. The lowest BCUT2D eigenvalue weighted by molar-refractivity contribution is -0.136. The van der Waals surface area contributed by atoms with Crippen LogP contribution in [0, 0.1) is 5.92 Å². The monoisotopic (exact) mass is 350 g/mol. The van der Waals surface area contributed by atoms with Crippen molar-refractivity contribution in [3.8, 4) is 0 Å². The van der Waals surface area contributed by atoms with Crippen LogP contribution in [0.3, 0.4) is 0 Å². The number of likely N-dealkylation sites (tertiary alicyclic amines) is 1. The quantitative estimate of drug-likeness (QED) is 0.856. The molecule has 1 aliphatic rings. The number of carbonyl (C=O) groups is 2. The lowest BCUT2D eigenvalue weighted by Crippen LogP contribution is -2.43. The number of thiophene rings is 1. The number of hydrogen-bond acceptors (Lipinski definition) is 4. The topological polar surface area (TPSA) is 69.6 Å². The number of amides is 1. The van der Waals surface area contributed by atoms with Gasteiger partial charge in [-0.15, -0.1) is 11.3 Å². The van der Waals surface area contributed by atoms with Gasteiger partial charge in [0.05, 0.1) is 16.4 Å². The number of nitrogens with one attached hydrogen (secondary N) is 1. The smallest absolute Gasteiger partial charge is 0.317 e. The van der Waals surface area contributed by atoms with Gasteiger partial charge in [-0.05, 0) is 24.8 Å². The maximum atomic E-state index is 12.4. The third kappa shape index (κ3) is 4.57. The fourth-order valence-electron chi connectivity index (χ4n) is 2.46. The summed E-state index contributed by atoms with van der Waals surface area (Å²) in [5, 5.41) is 11.5. The van der Waals surface area contributed by atoms with Gasteiger partial charge in [0.2, 0.25) is 0 Å². The summed E-state index contributed by atoms with van der Waals surface area (Å²) in [6.07, 6.45) is 1.88. The molecule has 0 radical (unpaired) electrons. The van der Waals surface area contributed by atoms with Crippen LogP contribution in [0.4, 0.5) is 0 Å². The van der Waals surface area contributed by atoms with Gasteiger partial charge in [0.25, 0.3) is 5.91 Å².